The van der Waals surface area contributed by atoms with Crippen LogP contribution in [0.5, 0.6) is 0 Å². The number of aromatic nitrogens is 2. The van der Waals surface area contributed by atoms with E-state index in [9.17, 15) is 18.8 Å². The second-order valence-corrected chi connectivity index (χ2v) is 7.05. The molecule has 0 fully saturated rings. The van der Waals surface area contributed by atoms with E-state index in [2.05, 4.69) is 25.9 Å². The van der Waals surface area contributed by atoms with Gasteiger partial charge >= 0.3 is 0 Å². The van der Waals surface area contributed by atoms with Gasteiger partial charge in [0.25, 0.3) is 5.56 Å². The van der Waals surface area contributed by atoms with Gasteiger partial charge in [-0.25, -0.2) is 4.39 Å². The summed E-state index contributed by atoms with van der Waals surface area (Å²) in [6.07, 6.45) is -0.233. The maximum Gasteiger partial charge on any atom is 0.258 e. The third-order valence-electron chi connectivity index (χ3n) is 4.47. The SMILES string of the molecule is O=C1CC(C(=O)Nc2cccc(F)c2)c2c(nc(Nc3ccc(Cl)cc3)[nH]c2=O)N1. The van der Waals surface area contributed by atoms with Gasteiger partial charge in [-0.1, -0.05) is 17.7 Å². The third kappa shape index (κ3) is 4.15. The van der Waals surface area contributed by atoms with Gasteiger partial charge in [-0.05, 0) is 42.5 Å². The van der Waals surface area contributed by atoms with Crippen molar-refractivity contribution >= 4 is 46.6 Å². The maximum atomic E-state index is 13.4. The summed E-state index contributed by atoms with van der Waals surface area (Å²) >= 11 is 5.86. The lowest BCUT2D eigenvalue weighted by Gasteiger charge is -2.23. The van der Waals surface area contributed by atoms with Gasteiger partial charge in [-0.3, -0.25) is 19.4 Å². The van der Waals surface area contributed by atoms with E-state index < -0.39 is 29.1 Å². The van der Waals surface area contributed by atoms with E-state index in [1.165, 1.54) is 18.2 Å². The quantitative estimate of drug-likeness (QED) is 0.509. The molecule has 3 aromatic rings. The van der Waals surface area contributed by atoms with Gasteiger partial charge in [0, 0.05) is 22.8 Å². The summed E-state index contributed by atoms with van der Waals surface area (Å²) in [5.41, 5.74) is 0.295. The molecule has 1 aliphatic rings. The molecule has 1 unspecified atom stereocenters. The van der Waals surface area contributed by atoms with Crippen LogP contribution in [-0.2, 0) is 9.59 Å². The predicted octanol–water partition coefficient (Wildman–Crippen LogP) is 3.37. The van der Waals surface area contributed by atoms with Gasteiger partial charge < -0.3 is 16.0 Å². The van der Waals surface area contributed by atoms with Crippen molar-refractivity contribution in [1.82, 2.24) is 9.97 Å². The summed E-state index contributed by atoms with van der Waals surface area (Å²) in [6.45, 7) is 0. The summed E-state index contributed by atoms with van der Waals surface area (Å²) in [5.74, 6) is -2.58. The van der Waals surface area contributed by atoms with Gasteiger partial charge in [0.2, 0.25) is 17.8 Å². The molecule has 0 spiro atoms. The van der Waals surface area contributed by atoms with Crippen LogP contribution in [-0.4, -0.2) is 21.8 Å². The minimum atomic E-state index is -1.07. The first kappa shape index (κ1) is 19.6. The number of carbonyl (C=O) groups is 2. The van der Waals surface area contributed by atoms with Crippen LogP contribution in [0.1, 0.15) is 17.9 Å². The molecule has 0 saturated heterocycles. The summed E-state index contributed by atoms with van der Waals surface area (Å²) in [4.78, 5) is 44.4. The molecule has 2 aromatic carbocycles. The molecule has 8 nitrogen and oxygen atoms in total. The van der Waals surface area contributed by atoms with E-state index in [4.69, 9.17) is 11.6 Å². The fourth-order valence-electron chi connectivity index (χ4n) is 3.12. The zero-order valence-electron chi connectivity index (χ0n) is 15.3. The van der Waals surface area contributed by atoms with E-state index in [-0.39, 0.29) is 29.4 Å². The van der Waals surface area contributed by atoms with E-state index >= 15 is 0 Å². The number of amides is 2. The summed E-state index contributed by atoms with van der Waals surface area (Å²) in [7, 11) is 0. The molecule has 0 bridgehead atoms. The highest BCUT2D eigenvalue weighted by Gasteiger charge is 2.34. The topological polar surface area (TPSA) is 116 Å². The lowest BCUT2D eigenvalue weighted by atomic mass is 9.92. The highest BCUT2D eigenvalue weighted by atomic mass is 35.5. The second kappa shape index (κ2) is 7.96. The number of anilines is 4. The third-order valence-corrected chi connectivity index (χ3v) is 4.72. The number of carbonyl (C=O) groups excluding carboxylic acids is 2. The number of H-pyrrole nitrogens is 1. The first-order valence-electron chi connectivity index (χ1n) is 8.92. The summed E-state index contributed by atoms with van der Waals surface area (Å²) < 4.78 is 13.4. The Balaban J connectivity index is 1.63. The highest BCUT2D eigenvalue weighted by Crippen LogP contribution is 2.30. The fraction of sp³-hybridized carbons (Fsp3) is 0.100. The van der Waals surface area contributed by atoms with Crippen molar-refractivity contribution in [2.24, 2.45) is 0 Å². The average molecular weight is 428 g/mol. The Morgan fingerprint density at radius 3 is 2.63 bits per heavy atom. The minimum Gasteiger partial charge on any atom is -0.326 e. The molecule has 10 heteroatoms. The normalized spacial score (nSPS) is 15.1. The predicted molar refractivity (Wildman–Crippen MR) is 111 cm³/mol. The molecule has 0 aliphatic carbocycles. The molecule has 30 heavy (non-hydrogen) atoms. The van der Waals surface area contributed by atoms with Crippen molar-refractivity contribution in [2.45, 2.75) is 12.3 Å². The van der Waals surface area contributed by atoms with Crippen molar-refractivity contribution in [1.29, 1.82) is 0 Å². The van der Waals surface area contributed by atoms with Crippen LogP contribution >= 0.6 is 11.6 Å². The van der Waals surface area contributed by atoms with Gasteiger partial charge in [-0.2, -0.15) is 4.98 Å². The van der Waals surface area contributed by atoms with Crippen molar-refractivity contribution in [3.63, 3.8) is 0 Å². The van der Waals surface area contributed by atoms with E-state index in [1.54, 1.807) is 24.3 Å². The Hall–Kier alpha value is -3.72. The molecule has 1 aromatic heterocycles. The molecule has 2 amide bonds. The molecule has 4 rings (SSSR count). The number of rotatable bonds is 4. The second-order valence-electron chi connectivity index (χ2n) is 6.61. The molecule has 2 heterocycles. The average Bonchev–Trinajstić information content (AvgIpc) is 2.69. The number of hydrogen-bond acceptors (Lipinski definition) is 5. The molecule has 1 atom stereocenters. The number of halogens is 2. The van der Waals surface area contributed by atoms with Crippen molar-refractivity contribution < 1.29 is 14.0 Å². The van der Waals surface area contributed by atoms with Crippen molar-refractivity contribution in [3.05, 3.63) is 75.3 Å². The molecular formula is C20H15ClFN5O3. The first-order valence-corrected chi connectivity index (χ1v) is 9.30. The summed E-state index contributed by atoms with van der Waals surface area (Å²) in [6, 6.07) is 12.0. The lowest BCUT2D eigenvalue weighted by Crippen LogP contribution is -2.36. The van der Waals surface area contributed by atoms with Crippen molar-refractivity contribution in [3.8, 4) is 0 Å². The van der Waals surface area contributed by atoms with Gasteiger partial charge in [-0.15, -0.1) is 0 Å². The van der Waals surface area contributed by atoms with Crippen LogP contribution in [0.25, 0.3) is 0 Å². The Bertz CT molecular complexity index is 1200. The highest BCUT2D eigenvalue weighted by molar-refractivity contribution is 6.30. The minimum absolute atomic E-state index is 0.00847. The van der Waals surface area contributed by atoms with Gasteiger partial charge in [0.05, 0.1) is 11.5 Å². The van der Waals surface area contributed by atoms with Crippen LogP contribution < -0.4 is 21.5 Å². The zero-order chi connectivity index (χ0) is 21.3. The smallest absolute Gasteiger partial charge is 0.258 e. The maximum absolute atomic E-state index is 13.4. The summed E-state index contributed by atoms with van der Waals surface area (Å²) in [5, 5.41) is 8.51. The van der Waals surface area contributed by atoms with Gasteiger partial charge in [0.15, 0.2) is 0 Å². The Morgan fingerprint density at radius 2 is 1.90 bits per heavy atom. The lowest BCUT2D eigenvalue weighted by molar-refractivity contribution is -0.123. The Labute approximate surface area is 174 Å². The van der Waals surface area contributed by atoms with Crippen molar-refractivity contribution in [2.75, 3.05) is 16.0 Å². The first-order chi connectivity index (χ1) is 14.4. The standard InChI is InChI=1S/C20H15ClFN5O3/c21-10-4-6-12(7-5-10)24-20-26-17-16(19(30)27-20)14(9-15(28)25-17)18(29)23-13-3-1-2-11(22)8-13/h1-8,14H,9H2,(H,23,29)(H3,24,25,26,27,28,30). The van der Waals surface area contributed by atoms with Crippen LogP contribution in [0.15, 0.2) is 53.3 Å². The monoisotopic (exact) mass is 427 g/mol. The number of nitrogens with one attached hydrogen (secondary N) is 4. The molecule has 0 saturated carbocycles. The van der Waals surface area contributed by atoms with E-state index in [0.29, 0.717) is 10.7 Å². The number of nitrogens with zero attached hydrogens (tertiary/aromatic N) is 1. The fourth-order valence-corrected chi connectivity index (χ4v) is 3.25. The molecule has 152 valence electrons. The molecular weight excluding hydrogens is 413 g/mol. The molecule has 0 radical (unpaired) electrons. The van der Waals surface area contributed by atoms with Crippen LogP contribution in [0, 0.1) is 5.82 Å². The largest absolute Gasteiger partial charge is 0.326 e. The number of fused-ring (bicyclic) bond motifs is 1. The Morgan fingerprint density at radius 1 is 1.13 bits per heavy atom. The molecule has 4 N–H and O–H groups in total. The Kier molecular flexibility index (Phi) is 5.20. The van der Waals surface area contributed by atoms with Crippen LogP contribution in [0.4, 0.5) is 27.5 Å². The van der Waals surface area contributed by atoms with E-state index in [1.807, 2.05) is 0 Å². The number of aromatic amines is 1. The van der Waals surface area contributed by atoms with Crippen LogP contribution in [0.3, 0.4) is 0 Å². The van der Waals surface area contributed by atoms with Crippen LogP contribution in [0.2, 0.25) is 5.02 Å². The number of hydrogen-bond donors (Lipinski definition) is 4. The van der Waals surface area contributed by atoms with E-state index in [0.717, 1.165) is 6.07 Å². The zero-order valence-corrected chi connectivity index (χ0v) is 16.1. The van der Waals surface area contributed by atoms with Gasteiger partial charge in [0.1, 0.15) is 11.6 Å². The number of benzene rings is 2. The molecule has 1 aliphatic heterocycles.